The third-order valence-corrected chi connectivity index (χ3v) is 4.61. The van der Waals surface area contributed by atoms with Crippen LogP contribution in [-0.2, 0) is 11.2 Å². The fourth-order valence-electron chi connectivity index (χ4n) is 2.01. The molecule has 0 aliphatic carbocycles. The normalized spacial score (nSPS) is 10.9. The summed E-state index contributed by atoms with van der Waals surface area (Å²) in [7, 11) is 0. The number of carbonyl (C=O) groups excluding carboxylic acids is 1. The molecule has 2 N–H and O–H groups in total. The van der Waals surface area contributed by atoms with Crippen LogP contribution in [0.2, 0.25) is 10.0 Å². The van der Waals surface area contributed by atoms with E-state index in [0.29, 0.717) is 22.3 Å². The monoisotopic (exact) mass is 437 g/mol. The van der Waals surface area contributed by atoms with E-state index in [1.54, 1.807) is 12.1 Å². The number of nitriles is 1. The SMILES string of the molecule is N#C/C(=C/NCCc1ccccc1Br)C(=O)Nc1ccc(Cl)cc1Cl. The lowest BCUT2D eigenvalue weighted by atomic mass is 10.1. The Morgan fingerprint density at radius 1 is 1.24 bits per heavy atom. The average Bonchev–Trinajstić information content (AvgIpc) is 2.59. The summed E-state index contributed by atoms with van der Waals surface area (Å²) < 4.78 is 1.02. The minimum atomic E-state index is -0.542. The molecule has 0 radical (unpaired) electrons. The molecule has 2 aromatic rings. The number of rotatable bonds is 6. The number of nitrogens with zero attached hydrogens (tertiary/aromatic N) is 1. The molecule has 0 spiro atoms. The fourth-order valence-corrected chi connectivity index (χ4v) is 2.95. The van der Waals surface area contributed by atoms with Crippen molar-refractivity contribution in [2.45, 2.75) is 6.42 Å². The number of benzene rings is 2. The van der Waals surface area contributed by atoms with E-state index in [2.05, 4.69) is 26.6 Å². The highest BCUT2D eigenvalue weighted by Crippen LogP contribution is 2.25. The first-order valence-corrected chi connectivity index (χ1v) is 8.89. The van der Waals surface area contributed by atoms with Crippen LogP contribution in [0.1, 0.15) is 5.56 Å². The third-order valence-electron chi connectivity index (χ3n) is 3.29. The van der Waals surface area contributed by atoms with E-state index in [9.17, 15) is 4.79 Å². The lowest BCUT2D eigenvalue weighted by Crippen LogP contribution is -2.18. The molecule has 2 aromatic carbocycles. The van der Waals surface area contributed by atoms with Gasteiger partial charge >= 0.3 is 0 Å². The highest BCUT2D eigenvalue weighted by Gasteiger charge is 2.11. The summed E-state index contributed by atoms with van der Waals surface area (Å²) in [4.78, 5) is 12.2. The van der Waals surface area contributed by atoms with Crippen LogP contribution in [0.5, 0.6) is 0 Å². The molecule has 0 fully saturated rings. The van der Waals surface area contributed by atoms with E-state index in [4.69, 9.17) is 28.5 Å². The van der Waals surface area contributed by atoms with Crippen molar-refractivity contribution in [1.29, 1.82) is 5.26 Å². The first-order chi connectivity index (χ1) is 12.0. The second-order valence-electron chi connectivity index (χ2n) is 5.04. The molecule has 0 aliphatic heterocycles. The van der Waals surface area contributed by atoms with Gasteiger partial charge in [-0.1, -0.05) is 57.3 Å². The van der Waals surface area contributed by atoms with Crippen LogP contribution in [-0.4, -0.2) is 12.5 Å². The van der Waals surface area contributed by atoms with Crippen LogP contribution in [0.15, 0.2) is 58.7 Å². The summed E-state index contributed by atoms with van der Waals surface area (Å²) in [5.41, 5.74) is 1.49. The van der Waals surface area contributed by atoms with Crippen molar-refractivity contribution in [3.63, 3.8) is 0 Å². The first-order valence-electron chi connectivity index (χ1n) is 7.34. The number of hydrogen-bond acceptors (Lipinski definition) is 3. The number of hydrogen-bond donors (Lipinski definition) is 2. The predicted molar refractivity (Wildman–Crippen MR) is 105 cm³/mol. The second kappa shape index (κ2) is 9.47. The Labute approximate surface area is 164 Å². The molecule has 0 saturated carbocycles. The molecular formula is C18H14BrCl2N3O. The lowest BCUT2D eigenvalue weighted by molar-refractivity contribution is -0.112. The van der Waals surface area contributed by atoms with Crippen molar-refractivity contribution in [3.8, 4) is 6.07 Å². The zero-order valence-corrected chi connectivity index (χ0v) is 16.1. The topological polar surface area (TPSA) is 64.9 Å². The molecule has 0 unspecified atom stereocenters. The van der Waals surface area contributed by atoms with Crippen molar-refractivity contribution in [2.24, 2.45) is 0 Å². The van der Waals surface area contributed by atoms with Gasteiger partial charge in [0, 0.05) is 22.2 Å². The summed E-state index contributed by atoms with van der Waals surface area (Å²) >= 11 is 15.3. The van der Waals surface area contributed by atoms with E-state index in [1.165, 1.54) is 12.3 Å². The smallest absolute Gasteiger partial charge is 0.267 e. The van der Waals surface area contributed by atoms with Gasteiger partial charge in [0.25, 0.3) is 5.91 Å². The maximum absolute atomic E-state index is 12.2. The Morgan fingerprint density at radius 3 is 2.68 bits per heavy atom. The van der Waals surface area contributed by atoms with Crippen molar-refractivity contribution in [2.75, 3.05) is 11.9 Å². The van der Waals surface area contributed by atoms with Gasteiger partial charge < -0.3 is 10.6 Å². The molecule has 128 valence electrons. The van der Waals surface area contributed by atoms with Crippen LogP contribution in [0.25, 0.3) is 0 Å². The summed E-state index contributed by atoms with van der Waals surface area (Å²) in [6, 6.07) is 14.5. The molecule has 0 heterocycles. The molecule has 4 nitrogen and oxygen atoms in total. The van der Waals surface area contributed by atoms with E-state index < -0.39 is 5.91 Å². The Morgan fingerprint density at radius 2 is 2.00 bits per heavy atom. The van der Waals surface area contributed by atoms with Gasteiger partial charge in [0.05, 0.1) is 10.7 Å². The average molecular weight is 439 g/mol. The van der Waals surface area contributed by atoms with Crippen molar-refractivity contribution < 1.29 is 4.79 Å². The van der Waals surface area contributed by atoms with E-state index in [1.807, 2.05) is 30.3 Å². The third kappa shape index (κ3) is 5.79. The summed E-state index contributed by atoms with van der Waals surface area (Å²) in [6.45, 7) is 0.586. The van der Waals surface area contributed by atoms with Gasteiger partial charge in [-0.2, -0.15) is 5.26 Å². The zero-order valence-electron chi connectivity index (χ0n) is 13.0. The molecule has 0 aromatic heterocycles. The van der Waals surface area contributed by atoms with E-state index in [-0.39, 0.29) is 5.57 Å². The Bertz CT molecular complexity index is 846. The fraction of sp³-hybridized carbons (Fsp3) is 0.111. The molecular weight excluding hydrogens is 425 g/mol. The van der Waals surface area contributed by atoms with Gasteiger partial charge in [-0.3, -0.25) is 4.79 Å². The number of amides is 1. The summed E-state index contributed by atoms with van der Waals surface area (Å²) in [5, 5.41) is 15.5. The number of carbonyl (C=O) groups is 1. The minimum absolute atomic E-state index is 0.0434. The Hall–Kier alpha value is -2.00. The van der Waals surface area contributed by atoms with Crippen LogP contribution in [0, 0.1) is 11.3 Å². The summed E-state index contributed by atoms with van der Waals surface area (Å²) in [5.74, 6) is -0.542. The quantitative estimate of drug-likeness (QED) is 0.381. The molecule has 0 atom stereocenters. The number of halogens is 3. The largest absolute Gasteiger partial charge is 0.389 e. The minimum Gasteiger partial charge on any atom is -0.389 e. The zero-order chi connectivity index (χ0) is 18.2. The van der Waals surface area contributed by atoms with Crippen LogP contribution >= 0.6 is 39.1 Å². The lowest BCUT2D eigenvalue weighted by Gasteiger charge is -2.08. The van der Waals surface area contributed by atoms with Gasteiger partial charge in [0.15, 0.2) is 0 Å². The Kier molecular flexibility index (Phi) is 7.32. The molecule has 0 saturated heterocycles. The maximum Gasteiger partial charge on any atom is 0.267 e. The van der Waals surface area contributed by atoms with Gasteiger partial charge in [-0.05, 0) is 36.2 Å². The molecule has 25 heavy (non-hydrogen) atoms. The van der Waals surface area contributed by atoms with Crippen LogP contribution < -0.4 is 10.6 Å². The van der Waals surface area contributed by atoms with Crippen molar-refractivity contribution >= 4 is 50.7 Å². The van der Waals surface area contributed by atoms with Gasteiger partial charge in [0.1, 0.15) is 11.6 Å². The van der Waals surface area contributed by atoms with Crippen LogP contribution in [0.3, 0.4) is 0 Å². The van der Waals surface area contributed by atoms with Gasteiger partial charge in [-0.25, -0.2) is 0 Å². The Balaban J connectivity index is 1.94. The van der Waals surface area contributed by atoms with Gasteiger partial charge in [0.2, 0.25) is 0 Å². The molecule has 0 bridgehead atoms. The second-order valence-corrected chi connectivity index (χ2v) is 6.74. The van der Waals surface area contributed by atoms with Crippen molar-refractivity contribution in [3.05, 3.63) is 74.3 Å². The molecule has 1 amide bonds. The maximum atomic E-state index is 12.2. The number of nitrogens with one attached hydrogen (secondary N) is 2. The first kappa shape index (κ1) is 19.3. The standard InChI is InChI=1S/C18H14BrCl2N3O/c19-15-4-2-1-3-12(15)7-8-23-11-13(10-22)18(25)24-17-6-5-14(20)9-16(17)21/h1-6,9,11,23H,7-8H2,(H,24,25)/b13-11-. The van der Waals surface area contributed by atoms with E-state index in [0.717, 1.165) is 16.5 Å². The van der Waals surface area contributed by atoms with Crippen molar-refractivity contribution in [1.82, 2.24) is 5.32 Å². The van der Waals surface area contributed by atoms with Gasteiger partial charge in [-0.15, -0.1) is 0 Å². The molecule has 2 rings (SSSR count). The molecule has 0 aliphatic rings. The number of anilines is 1. The predicted octanol–water partition coefficient (Wildman–Crippen LogP) is 4.93. The summed E-state index contributed by atoms with van der Waals surface area (Å²) in [6.07, 6.45) is 2.15. The highest BCUT2D eigenvalue weighted by molar-refractivity contribution is 9.10. The highest BCUT2D eigenvalue weighted by atomic mass is 79.9. The molecule has 7 heteroatoms. The van der Waals surface area contributed by atoms with Crippen LogP contribution in [0.4, 0.5) is 5.69 Å². The van der Waals surface area contributed by atoms with E-state index >= 15 is 0 Å².